The Morgan fingerprint density at radius 1 is 1.67 bits per heavy atom. The van der Waals surface area contributed by atoms with Crippen molar-refractivity contribution in [1.82, 2.24) is 0 Å². The lowest BCUT2D eigenvalue weighted by atomic mass is 10.8. The molecule has 1 heterocycles. The molecule has 0 aliphatic carbocycles. The van der Waals surface area contributed by atoms with E-state index in [1.54, 1.807) is 6.21 Å². The van der Waals surface area contributed by atoms with Gasteiger partial charge in [-0.1, -0.05) is 0 Å². The zero-order valence-corrected chi connectivity index (χ0v) is 4.07. The van der Waals surface area contributed by atoms with Gasteiger partial charge in [-0.2, -0.15) is 0 Å². The molecule has 0 atom stereocenters. The monoisotopic (exact) mass is 107 g/mol. The van der Waals surface area contributed by atoms with Crippen LogP contribution in [0.5, 0.6) is 0 Å². The molecule has 1 rings (SSSR count). The molecule has 3 heteroatoms. The molecular weight excluding hydrogens is 101 g/mol. The van der Waals surface area contributed by atoms with E-state index in [9.17, 15) is 0 Å². The maximum Gasteiger partial charge on any atom is 0.137 e. The molecular formula is C3H6ClNO. The third-order valence-electron chi connectivity index (χ3n) is 0.487. The number of ether oxygens (including phenoxy) is 1. The van der Waals surface area contributed by atoms with Crippen molar-refractivity contribution < 1.29 is 4.74 Å². The lowest BCUT2D eigenvalue weighted by Gasteiger charge is -1.75. The van der Waals surface area contributed by atoms with E-state index in [0.29, 0.717) is 13.3 Å². The van der Waals surface area contributed by atoms with Crippen molar-refractivity contribution in [3.8, 4) is 0 Å². The van der Waals surface area contributed by atoms with Gasteiger partial charge in [0.2, 0.25) is 0 Å². The van der Waals surface area contributed by atoms with E-state index >= 15 is 0 Å². The topological polar surface area (TPSA) is 21.6 Å². The first kappa shape index (κ1) is 5.92. The fraction of sp³-hybridized carbons (Fsp3) is 0.667. The molecule has 0 N–H and O–H groups in total. The van der Waals surface area contributed by atoms with Gasteiger partial charge in [0.05, 0.1) is 6.61 Å². The van der Waals surface area contributed by atoms with E-state index in [2.05, 4.69) is 4.99 Å². The van der Waals surface area contributed by atoms with Gasteiger partial charge in [0.25, 0.3) is 0 Å². The van der Waals surface area contributed by atoms with Crippen molar-refractivity contribution in [3.05, 3.63) is 0 Å². The number of halogens is 1. The summed E-state index contributed by atoms with van der Waals surface area (Å²) in [6.45, 7) is 1.28. The minimum Gasteiger partial charge on any atom is -0.354 e. The number of rotatable bonds is 0. The normalized spacial score (nSPS) is 17.3. The van der Waals surface area contributed by atoms with Crippen LogP contribution in [-0.2, 0) is 4.74 Å². The van der Waals surface area contributed by atoms with Crippen molar-refractivity contribution >= 4 is 18.6 Å². The highest BCUT2D eigenvalue weighted by Crippen LogP contribution is 1.79. The van der Waals surface area contributed by atoms with Crippen molar-refractivity contribution in [3.63, 3.8) is 0 Å². The van der Waals surface area contributed by atoms with Gasteiger partial charge < -0.3 is 4.74 Å². The molecule has 0 bridgehead atoms. The minimum absolute atomic E-state index is 0. The van der Waals surface area contributed by atoms with E-state index < -0.39 is 0 Å². The lowest BCUT2D eigenvalue weighted by Crippen LogP contribution is -1.79. The van der Waals surface area contributed by atoms with Crippen LogP contribution in [0.25, 0.3) is 0 Å². The summed E-state index contributed by atoms with van der Waals surface area (Å²) < 4.78 is 4.72. The third kappa shape index (κ3) is 1.38. The molecule has 0 saturated carbocycles. The molecule has 0 spiro atoms. The van der Waals surface area contributed by atoms with Crippen LogP contribution in [0, 0.1) is 0 Å². The second-order valence-corrected chi connectivity index (χ2v) is 0.865. The van der Waals surface area contributed by atoms with Crippen LogP contribution < -0.4 is 0 Å². The Bertz CT molecular complexity index is 48.8. The van der Waals surface area contributed by atoms with Crippen LogP contribution >= 0.6 is 12.4 Å². The van der Waals surface area contributed by atoms with Gasteiger partial charge >= 0.3 is 0 Å². The van der Waals surface area contributed by atoms with Crippen LogP contribution in [-0.4, -0.2) is 19.6 Å². The van der Waals surface area contributed by atoms with Crippen molar-refractivity contribution in [2.75, 3.05) is 13.3 Å². The van der Waals surface area contributed by atoms with Crippen LogP contribution in [0.15, 0.2) is 4.99 Å². The van der Waals surface area contributed by atoms with Crippen LogP contribution in [0.2, 0.25) is 0 Å². The smallest absolute Gasteiger partial charge is 0.137 e. The second-order valence-electron chi connectivity index (χ2n) is 0.865. The quantitative estimate of drug-likeness (QED) is 0.441. The van der Waals surface area contributed by atoms with E-state index in [-0.39, 0.29) is 12.4 Å². The van der Waals surface area contributed by atoms with E-state index in [4.69, 9.17) is 4.74 Å². The van der Waals surface area contributed by atoms with Gasteiger partial charge in [-0.15, -0.1) is 12.4 Å². The Labute approximate surface area is 42.6 Å². The first-order chi connectivity index (χ1) is 2.50. The Hall–Kier alpha value is -0.0800. The van der Waals surface area contributed by atoms with Gasteiger partial charge in [0, 0.05) is 6.21 Å². The maximum absolute atomic E-state index is 4.72. The Morgan fingerprint density at radius 2 is 2.50 bits per heavy atom. The summed E-state index contributed by atoms with van der Waals surface area (Å²) in [5.41, 5.74) is 0. The third-order valence-corrected chi connectivity index (χ3v) is 0.487. The summed E-state index contributed by atoms with van der Waals surface area (Å²) in [4.78, 5) is 3.74. The molecule has 6 heavy (non-hydrogen) atoms. The van der Waals surface area contributed by atoms with Crippen LogP contribution in [0.4, 0.5) is 0 Å². The molecule has 0 aromatic rings. The number of hydrogen-bond donors (Lipinski definition) is 0. The Morgan fingerprint density at radius 3 is 2.67 bits per heavy atom. The number of aliphatic imine (C=N–C) groups is 1. The van der Waals surface area contributed by atoms with E-state index in [1.165, 1.54) is 0 Å². The molecule has 1 aliphatic rings. The zero-order chi connectivity index (χ0) is 3.54. The summed E-state index contributed by atoms with van der Waals surface area (Å²) >= 11 is 0. The molecule has 36 valence electrons. The molecule has 0 aromatic heterocycles. The minimum atomic E-state index is 0. The predicted octanol–water partition coefficient (Wildman–Crippen LogP) is 0.467. The van der Waals surface area contributed by atoms with Crippen molar-refractivity contribution in [2.45, 2.75) is 0 Å². The molecule has 0 saturated heterocycles. The largest absolute Gasteiger partial charge is 0.354 e. The fourth-order valence-electron chi connectivity index (χ4n) is 0.264. The fourth-order valence-corrected chi connectivity index (χ4v) is 0.264. The molecule has 0 fully saturated rings. The summed E-state index contributed by atoms with van der Waals surface area (Å²) in [5, 5.41) is 0. The highest BCUT2D eigenvalue weighted by molar-refractivity contribution is 5.85. The zero-order valence-electron chi connectivity index (χ0n) is 3.26. The molecule has 2 nitrogen and oxygen atoms in total. The average molecular weight is 108 g/mol. The SMILES string of the molecule is C1=NCOC1.Cl. The predicted molar refractivity (Wildman–Crippen MR) is 26.6 cm³/mol. The molecule has 0 amide bonds. The van der Waals surface area contributed by atoms with Gasteiger partial charge in [-0.25, -0.2) is 0 Å². The van der Waals surface area contributed by atoms with Crippen LogP contribution in [0.3, 0.4) is 0 Å². The molecule has 0 radical (unpaired) electrons. The standard InChI is InChI=1S/C3H5NO.ClH/c1-2-5-3-4-1;/h1H,2-3H2;1H. The number of nitrogens with zero attached hydrogens (tertiary/aromatic N) is 1. The summed E-state index contributed by atoms with van der Waals surface area (Å²) in [5.74, 6) is 0. The van der Waals surface area contributed by atoms with Gasteiger partial charge in [0.1, 0.15) is 6.73 Å². The van der Waals surface area contributed by atoms with Crippen LogP contribution in [0.1, 0.15) is 0 Å². The maximum atomic E-state index is 4.72. The number of hydrogen-bond acceptors (Lipinski definition) is 2. The van der Waals surface area contributed by atoms with E-state index in [1.807, 2.05) is 0 Å². The van der Waals surface area contributed by atoms with Gasteiger partial charge in [-0.3, -0.25) is 4.99 Å². The second kappa shape index (κ2) is 3.12. The van der Waals surface area contributed by atoms with Crippen molar-refractivity contribution in [2.24, 2.45) is 4.99 Å². The first-order valence-electron chi connectivity index (χ1n) is 1.56. The molecule has 0 aromatic carbocycles. The van der Waals surface area contributed by atoms with Crippen molar-refractivity contribution in [1.29, 1.82) is 0 Å². The first-order valence-corrected chi connectivity index (χ1v) is 1.56. The van der Waals surface area contributed by atoms with Gasteiger partial charge in [-0.05, 0) is 0 Å². The highest BCUT2D eigenvalue weighted by atomic mass is 35.5. The lowest BCUT2D eigenvalue weighted by molar-refractivity contribution is 0.203. The van der Waals surface area contributed by atoms with Gasteiger partial charge in [0.15, 0.2) is 0 Å². The highest BCUT2D eigenvalue weighted by Gasteiger charge is 1.84. The Kier molecular flexibility index (Phi) is 3.08. The Balaban J connectivity index is 0.000000250. The molecule has 1 aliphatic heterocycles. The summed E-state index contributed by atoms with van der Waals surface area (Å²) in [6.07, 6.45) is 1.76. The molecule has 0 unspecified atom stereocenters. The summed E-state index contributed by atoms with van der Waals surface area (Å²) in [6, 6.07) is 0. The van der Waals surface area contributed by atoms with E-state index in [0.717, 1.165) is 0 Å². The average Bonchev–Trinajstić information content (AvgIpc) is 1.76. The summed E-state index contributed by atoms with van der Waals surface area (Å²) in [7, 11) is 0.